The van der Waals surface area contributed by atoms with Crippen molar-refractivity contribution in [2.24, 2.45) is 0 Å². The number of aromatic nitrogens is 2. The normalized spacial score (nSPS) is 20.0. The van der Waals surface area contributed by atoms with Gasteiger partial charge in [0.1, 0.15) is 10.6 Å². The molecule has 1 aliphatic rings. The second-order valence-electron chi connectivity index (χ2n) is 6.13. The summed E-state index contributed by atoms with van der Waals surface area (Å²) in [5, 5.41) is 15.8. The molecule has 3 rings (SSSR count). The van der Waals surface area contributed by atoms with Crippen molar-refractivity contribution in [1.29, 1.82) is 0 Å². The maximum absolute atomic E-state index is 12.5. The quantitative estimate of drug-likeness (QED) is 0.774. The largest absolute Gasteiger partial charge is 0.505 e. The maximum atomic E-state index is 12.5. The molecular weight excluding hydrogens is 340 g/mol. The van der Waals surface area contributed by atoms with E-state index in [0.717, 1.165) is 25.7 Å². The van der Waals surface area contributed by atoms with Crippen LogP contribution in [0.15, 0.2) is 23.8 Å². The lowest BCUT2D eigenvalue weighted by molar-refractivity contribution is 0.0860. The van der Waals surface area contributed by atoms with Crippen LogP contribution in [0.25, 0.3) is 0 Å². The Bertz CT molecular complexity index is 763. The third-order valence-corrected chi connectivity index (χ3v) is 5.06. The summed E-state index contributed by atoms with van der Waals surface area (Å²) in [5.41, 5.74) is 2.28. The molecule has 2 aromatic rings. The van der Waals surface area contributed by atoms with Gasteiger partial charge >= 0.3 is 0 Å². The highest BCUT2D eigenvalue weighted by Crippen LogP contribution is 2.21. The minimum atomic E-state index is -0.426. The van der Waals surface area contributed by atoms with Gasteiger partial charge in [-0.1, -0.05) is 12.8 Å². The zero-order valence-corrected chi connectivity index (χ0v) is 14.7. The molecule has 2 atom stereocenters. The van der Waals surface area contributed by atoms with Crippen molar-refractivity contribution in [2.75, 3.05) is 0 Å². The van der Waals surface area contributed by atoms with Gasteiger partial charge in [0.05, 0.1) is 11.7 Å². The summed E-state index contributed by atoms with van der Waals surface area (Å²) in [6.07, 6.45) is 5.07. The predicted octanol–water partition coefficient (Wildman–Crippen LogP) is 2.02. The molecule has 1 fully saturated rings. The summed E-state index contributed by atoms with van der Waals surface area (Å²) in [6.45, 7) is 1.76. The number of pyridine rings is 1. The van der Waals surface area contributed by atoms with E-state index in [1.807, 2.05) is 0 Å². The van der Waals surface area contributed by atoms with E-state index >= 15 is 0 Å². The number of carbonyl (C=O) groups is 2. The Hall–Kier alpha value is -2.48. The standard InChI is InChI=1S/C17H20N4O3S/c1-10-6-7-13(22)15(19-10)17(24)21-12-5-3-2-4-11(12)20-16(23)14-8-18-9-25-14/h6-9,11-12,22H,2-5H2,1H3,(H,20,23)(H,21,24)/t11-,12+/m1/s1. The Labute approximate surface area is 149 Å². The average molecular weight is 360 g/mol. The van der Waals surface area contributed by atoms with Gasteiger partial charge in [0.15, 0.2) is 5.69 Å². The number of nitrogens with zero attached hydrogens (tertiary/aromatic N) is 2. The van der Waals surface area contributed by atoms with Crippen LogP contribution in [-0.4, -0.2) is 39.0 Å². The van der Waals surface area contributed by atoms with Gasteiger partial charge in [0, 0.05) is 17.8 Å². The molecule has 2 amide bonds. The first kappa shape index (κ1) is 17.3. The first-order valence-corrected chi connectivity index (χ1v) is 9.09. The minimum Gasteiger partial charge on any atom is -0.505 e. The van der Waals surface area contributed by atoms with Crippen molar-refractivity contribution in [3.05, 3.63) is 40.1 Å². The van der Waals surface area contributed by atoms with Gasteiger partial charge in [-0.2, -0.15) is 0 Å². The van der Waals surface area contributed by atoms with Crippen LogP contribution in [0.5, 0.6) is 5.75 Å². The number of amides is 2. The van der Waals surface area contributed by atoms with E-state index < -0.39 is 5.91 Å². The van der Waals surface area contributed by atoms with Crippen LogP contribution < -0.4 is 10.6 Å². The summed E-state index contributed by atoms with van der Waals surface area (Å²) in [4.78, 5) is 33.3. The maximum Gasteiger partial charge on any atom is 0.274 e. The molecule has 3 N–H and O–H groups in total. The summed E-state index contributed by atoms with van der Waals surface area (Å²) in [6, 6.07) is 2.76. The second-order valence-corrected chi connectivity index (χ2v) is 7.02. The molecule has 2 heterocycles. The van der Waals surface area contributed by atoms with Crippen LogP contribution in [0.3, 0.4) is 0 Å². The topological polar surface area (TPSA) is 104 Å². The SMILES string of the molecule is Cc1ccc(O)c(C(=O)N[C@H]2CCCC[C@H]2NC(=O)c2cncs2)n1. The monoisotopic (exact) mass is 360 g/mol. The Kier molecular flexibility index (Phi) is 5.28. The number of thiazole rings is 1. The van der Waals surface area contributed by atoms with Crippen molar-refractivity contribution >= 4 is 23.2 Å². The fourth-order valence-corrected chi connectivity index (χ4v) is 3.52. The highest BCUT2D eigenvalue weighted by Gasteiger charge is 2.29. The molecule has 7 nitrogen and oxygen atoms in total. The lowest BCUT2D eigenvalue weighted by Crippen LogP contribution is -2.53. The van der Waals surface area contributed by atoms with E-state index in [9.17, 15) is 14.7 Å². The van der Waals surface area contributed by atoms with E-state index in [2.05, 4.69) is 20.6 Å². The summed E-state index contributed by atoms with van der Waals surface area (Å²) in [7, 11) is 0. The third-order valence-electron chi connectivity index (χ3n) is 4.28. The molecule has 0 aliphatic heterocycles. The first-order valence-electron chi connectivity index (χ1n) is 8.21. The summed E-state index contributed by atoms with van der Waals surface area (Å²) < 4.78 is 0. The van der Waals surface area contributed by atoms with Crippen molar-refractivity contribution in [3.8, 4) is 5.75 Å². The molecule has 1 saturated carbocycles. The van der Waals surface area contributed by atoms with Gasteiger partial charge in [-0.05, 0) is 31.9 Å². The van der Waals surface area contributed by atoms with Crippen LogP contribution >= 0.6 is 11.3 Å². The van der Waals surface area contributed by atoms with Gasteiger partial charge in [0.25, 0.3) is 11.8 Å². The average Bonchev–Trinajstić information content (AvgIpc) is 3.13. The zero-order valence-electron chi connectivity index (χ0n) is 13.9. The zero-order chi connectivity index (χ0) is 17.8. The fraction of sp³-hybridized carbons (Fsp3) is 0.412. The Morgan fingerprint density at radius 3 is 2.48 bits per heavy atom. The third kappa shape index (κ3) is 4.14. The molecule has 0 bridgehead atoms. The van der Waals surface area contributed by atoms with Gasteiger partial charge in [-0.3, -0.25) is 14.6 Å². The highest BCUT2D eigenvalue weighted by molar-refractivity contribution is 7.11. The van der Waals surface area contributed by atoms with Crippen molar-refractivity contribution in [1.82, 2.24) is 20.6 Å². The summed E-state index contributed by atoms with van der Waals surface area (Å²) >= 11 is 1.28. The lowest BCUT2D eigenvalue weighted by Gasteiger charge is -2.32. The molecule has 0 saturated heterocycles. The number of carbonyl (C=O) groups excluding carboxylic acids is 2. The second kappa shape index (κ2) is 7.60. The van der Waals surface area contributed by atoms with E-state index in [1.165, 1.54) is 23.6 Å². The Balaban J connectivity index is 1.69. The van der Waals surface area contributed by atoms with E-state index in [1.54, 1.807) is 18.5 Å². The molecule has 0 spiro atoms. The Morgan fingerprint density at radius 1 is 1.16 bits per heavy atom. The molecule has 8 heteroatoms. The first-order chi connectivity index (χ1) is 12.0. The molecular formula is C17H20N4O3S. The summed E-state index contributed by atoms with van der Waals surface area (Å²) in [5.74, 6) is -0.750. The number of nitrogens with one attached hydrogen (secondary N) is 2. The lowest BCUT2D eigenvalue weighted by atomic mass is 9.90. The number of hydrogen-bond acceptors (Lipinski definition) is 6. The van der Waals surface area contributed by atoms with Crippen LogP contribution in [-0.2, 0) is 0 Å². The fourth-order valence-electron chi connectivity index (χ4n) is 3.00. The van der Waals surface area contributed by atoms with E-state index in [4.69, 9.17) is 0 Å². The smallest absolute Gasteiger partial charge is 0.274 e. The molecule has 0 aromatic carbocycles. The molecule has 25 heavy (non-hydrogen) atoms. The van der Waals surface area contributed by atoms with Crippen LogP contribution in [0, 0.1) is 6.92 Å². The van der Waals surface area contributed by atoms with Gasteiger partial charge in [-0.15, -0.1) is 11.3 Å². The molecule has 0 radical (unpaired) electrons. The van der Waals surface area contributed by atoms with Crippen molar-refractivity contribution < 1.29 is 14.7 Å². The van der Waals surface area contributed by atoms with Gasteiger partial charge < -0.3 is 15.7 Å². The number of aryl methyl sites for hydroxylation is 1. The van der Waals surface area contributed by atoms with Crippen LogP contribution in [0.1, 0.15) is 51.5 Å². The van der Waals surface area contributed by atoms with Crippen molar-refractivity contribution in [2.45, 2.75) is 44.7 Å². The minimum absolute atomic E-state index is 0.0121. The Morgan fingerprint density at radius 2 is 1.84 bits per heavy atom. The molecule has 0 unspecified atom stereocenters. The van der Waals surface area contributed by atoms with E-state index in [-0.39, 0.29) is 29.4 Å². The van der Waals surface area contributed by atoms with Crippen LogP contribution in [0.2, 0.25) is 0 Å². The van der Waals surface area contributed by atoms with E-state index in [0.29, 0.717) is 10.6 Å². The molecule has 1 aliphatic carbocycles. The highest BCUT2D eigenvalue weighted by atomic mass is 32.1. The van der Waals surface area contributed by atoms with Gasteiger partial charge in [-0.25, -0.2) is 4.98 Å². The number of aromatic hydroxyl groups is 1. The number of hydrogen-bond donors (Lipinski definition) is 3. The van der Waals surface area contributed by atoms with Crippen molar-refractivity contribution in [3.63, 3.8) is 0 Å². The predicted molar refractivity (Wildman–Crippen MR) is 93.7 cm³/mol. The van der Waals surface area contributed by atoms with Gasteiger partial charge in [0.2, 0.25) is 0 Å². The van der Waals surface area contributed by atoms with Crippen LogP contribution in [0.4, 0.5) is 0 Å². The number of rotatable bonds is 4. The molecule has 2 aromatic heterocycles. The molecule has 132 valence electrons.